The second kappa shape index (κ2) is 4.23. The molecule has 1 aromatic heterocycles. The molecule has 0 N–H and O–H groups in total. The number of hydrogen-bond acceptors (Lipinski definition) is 3. The third-order valence-corrected chi connectivity index (χ3v) is 1.66. The first-order chi connectivity index (χ1) is 6.09. The topological polar surface area (TPSA) is 39.2 Å². The van der Waals surface area contributed by atoms with Crippen LogP contribution in [-0.2, 0) is 4.79 Å². The maximum absolute atomic E-state index is 10.6. The smallest absolute Gasteiger partial charge is 0.171 e. The molecule has 0 spiro atoms. The van der Waals surface area contributed by atoms with Crippen LogP contribution in [0.25, 0.3) is 0 Å². The summed E-state index contributed by atoms with van der Waals surface area (Å²) >= 11 is 5.77. The monoisotopic (exact) mass is 199 g/mol. The minimum Gasteiger partial charge on any atom is -0.483 e. The van der Waals surface area contributed by atoms with Crippen molar-refractivity contribution in [1.82, 2.24) is 4.98 Å². The summed E-state index contributed by atoms with van der Waals surface area (Å²) in [5.41, 5.74) is 0.820. The van der Waals surface area contributed by atoms with Gasteiger partial charge < -0.3 is 4.74 Å². The van der Waals surface area contributed by atoms with Crippen LogP contribution in [0, 0.1) is 6.92 Å². The van der Waals surface area contributed by atoms with Crippen molar-refractivity contribution in [3.05, 3.63) is 23.0 Å². The Hall–Kier alpha value is -1.09. The van der Waals surface area contributed by atoms with E-state index in [0.717, 1.165) is 5.69 Å². The van der Waals surface area contributed by atoms with Gasteiger partial charge in [0.05, 0.1) is 0 Å². The Balaban J connectivity index is 2.72. The Labute approximate surface area is 81.7 Å². The fraction of sp³-hybridized carbons (Fsp3) is 0.333. The highest BCUT2D eigenvalue weighted by atomic mass is 35.5. The summed E-state index contributed by atoms with van der Waals surface area (Å²) in [7, 11) is 0. The average Bonchev–Trinajstić information content (AvgIpc) is 2.02. The van der Waals surface area contributed by atoms with Crippen molar-refractivity contribution < 1.29 is 9.53 Å². The van der Waals surface area contributed by atoms with Crippen LogP contribution in [0.15, 0.2) is 12.1 Å². The van der Waals surface area contributed by atoms with E-state index >= 15 is 0 Å². The van der Waals surface area contributed by atoms with Crippen molar-refractivity contribution in [3.8, 4) is 5.75 Å². The minimum absolute atomic E-state index is 0.0322. The Morgan fingerprint density at radius 1 is 1.62 bits per heavy atom. The minimum atomic E-state index is -0.0448. The summed E-state index contributed by atoms with van der Waals surface area (Å²) in [6, 6.07) is 3.48. The lowest BCUT2D eigenvalue weighted by molar-refractivity contribution is -0.118. The molecule has 1 heterocycles. The number of aromatic nitrogens is 1. The molecule has 70 valence electrons. The molecule has 0 fully saturated rings. The van der Waals surface area contributed by atoms with Crippen LogP contribution in [0.4, 0.5) is 0 Å². The van der Waals surface area contributed by atoms with Crippen LogP contribution >= 0.6 is 11.6 Å². The van der Waals surface area contributed by atoms with Crippen LogP contribution in [0.1, 0.15) is 12.6 Å². The number of halogens is 1. The van der Waals surface area contributed by atoms with Gasteiger partial charge in [0.2, 0.25) is 0 Å². The molecule has 0 radical (unpaired) electrons. The molecule has 0 saturated carbocycles. The molecule has 0 amide bonds. The number of carbonyl (C=O) groups excluding carboxylic acids is 1. The number of pyridine rings is 1. The van der Waals surface area contributed by atoms with E-state index in [9.17, 15) is 4.79 Å². The highest BCUT2D eigenvalue weighted by Gasteiger charge is 2.03. The Kier molecular flexibility index (Phi) is 3.25. The highest BCUT2D eigenvalue weighted by Crippen LogP contribution is 2.21. The molecule has 0 atom stereocenters. The lowest BCUT2D eigenvalue weighted by Crippen LogP contribution is -2.07. The van der Waals surface area contributed by atoms with Gasteiger partial charge in [-0.3, -0.25) is 4.79 Å². The Morgan fingerprint density at radius 3 is 2.85 bits per heavy atom. The third kappa shape index (κ3) is 3.03. The van der Waals surface area contributed by atoms with Crippen LogP contribution in [0.5, 0.6) is 5.75 Å². The van der Waals surface area contributed by atoms with E-state index < -0.39 is 0 Å². The van der Waals surface area contributed by atoms with Gasteiger partial charge in [0.25, 0.3) is 0 Å². The molecule has 0 aliphatic heterocycles. The molecule has 0 aliphatic carbocycles. The number of aryl methyl sites for hydroxylation is 1. The van der Waals surface area contributed by atoms with Gasteiger partial charge in [-0.2, -0.15) is 0 Å². The average molecular weight is 200 g/mol. The predicted molar refractivity (Wildman–Crippen MR) is 50.2 cm³/mol. The van der Waals surface area contributed by atoms with Gasteiger partial charge in [-0.05, 0) is 26.0 Å². The highest BCUT2D eigenvalue weighted by molar-refractivity contribution is 6.30. The molecule has 1 aromatic rings. The molecule has 13 heavy (non-hydrogen) atoms. The molecular formula is C9H10ClNO2. The van der Waals surface area contributed by atoms with Gasteiger partial charge >= 0.3 is 0 Å². The zero-order chi connectivity index (χ0) is 9.84. The largest absolute Gasteiger partial charge is 0.483 e. The van der Waals surface area contributed by atoms with E-state index in [1.165, 1.54) is 6.92 Å². The second-order valence-electron chi connectivity index (χ2n) is 2.73. The Bertz CT molecular complexity index is 325. The Morgan fingerprint density at radius 2 is 2.31 bits per heavy atom. The molecule has 0 saturated heterocycles. The lowest BCUT2D eigenvalue weighted by atomic mass is 10.4. The molecule has 0 aromatic carbocycles. The van der Waals surface area contributed by atoms with Gasteiger partial charge in [0.1, 0.15) is 6.61 Å². The van der Waals surface area contributed by atoms with Crippen molar-refractivity contribution in [1.29, 1.82) is 0 Å². The molecule has 0 bridgehead atoms. The standard InChI is InChI=1S/C9H10ClNO2/c1-6-3-4-8(9(10)11-6)13-5-7(2)12/h3-4H,5H2,1-2H3. The molecule has 0 unspecified atom stereocenters. The van der Waals surface area contributed by atoms with Crippen LogP contribution in [0.3, 0.4) is 0 Å². The fourth-order valence-electron chi connectivity index (χ4n) is 0.799. The van der Waals surface area contributed by atoms with Crippen LogP contribution in [0.2, 0.25) is 5.15 Å². The fourth-order valence-corrected chi connectivity index (χ4v) is 1.05. The third-order valence-electron chi connectivity index (χ3n) is 1.38. The van der Waals surface area contributed by atoms with Gasteiger partial charge in [0, 0.05) is 5.69 Å². The molecule has 0 aliphatic rings. The number of carbonyl (C=O) groups is 1. The molecule has 3 nitrogen and oxygen atoms in total. The quantitative estimate of drug-likeness (QED) is 0.700. The zero-order valence-corrected chi connectivity index (χ0v) is 8.26. The zero-order valence-electron chi connectivity index (χ0n) is 7.50. The van der Waals surface area contributed by atoms with E-state index in [0.29, 0.717) is 10.9 Å². The summed E-state index contributed by atoms with van der Waals surface area (Å²) < 4.78 is 5.11. The van der Waals surface area contributed by atoms with E-state index in [4.69, 9.17) is 16.3 Å². The number of ether oxygens (including phenoxy) is 1. The number of ketones is 1. The first kappa shape index (κ1) is 9.99. The summed E-state index contributed by atoms with van der Waals surface area (Å²) in [5, 5.41) is 0.293. The van der Waals surface area contributed by atoms with Crippen molar-refractivity contribution in [3.63, 3.8) is 0 Å². The van der Waals surface area contributed by atoms with Gasteiger partial charge in [-0.15, -0.1) is 0 Å². The SMILES string of the molecule is CC(=O)COc1ccc(C)nc1Cl. The van der Waals surface area contributed by atoms with Crippen LogP contribution < -0.4 is 4.74 Å². The number of Topliss-reactive ketones (excluding diaryl/α,β-unsaturated/α-hetero) is 1. The maximum Gasteiger partial charge on any atom is 0.171 e. The summed E-state index contributed by atoms with van der Waals surface area (Å²) in [4.78, 5) is 14.6. The number of nitrogens with zero attached hydrogens (tertiary/aromatic N) is 1. The van der Waals surface area contributed by atoms with Crippen molar-refractivity contribution in [2.45, 2.75) is 13.8 Å². The predicted octanol–water partition coefficient (Wildman–Crippen LogP) is 2.01. The van der Waals surface area contributed by atoms with Gasteiger partial charge in [-0.1, -0.05) is 11.6 Å². The van der Waals surface area contributed by atoms with Gasteiger partial charge in [-0.25, -0.2) is 4.98 Å². The summed E-state index contributed by atoms with van der Waals surface area (Å²) in [5.74, 6) is 0.402. The first-order valence-corrected chi connectivity index (χ1v) is 4.23. The normalized spacial score (nSPS) is 9.77. The number of hydrogen-bond donors (Lipinski definition) is 0. The molecular weight excluding hydrogens is 190 g/mol. The van der Waals surface area contributed by atoms with Crippen LogP contribution in [-0.4, -0.2) is 17.4 Å². The van der Waals surface area contributed by atoms with Gasteiger partial charge in [0.15, 0.2) is 16.7 Å². The number of rotatable bonds is 3. The summed E-state index contributed by atoms with van der Waals surface area (Å²) in [6.45, 7) is 3.32. The second-order valence-corrected chi connectivity index (χ2v) is 3.09. The maximum atomic E-state index is 10.6. The van der Waals surface area contributed by atoms with E-state index in [-0.39, 0.29) is 12.4 Å². The van der Waals surface area contributed by atoms with E-state index in [1.54, 1.807) is 12.1 Å². The van der Waals surface area contributed by atoms with E-state index in [1.807, 2.05) is 6.92 Å². The van der Waals surface area contributed by atoms with Crippen molar-refractivity contribution in [2.75, 3.05) is 6.61 Å². The lowest BCUT2D eigenvalue weighted by Gasteiger charge is -2.05. The molecule has 4 heteroatoms. The molecule has 1 rings (SSSR count). The van der Waals surface area contributed by atoms with E-state index in [2.05, 4.69) is 4.98 Å². The first-order valence-electron chi connectivity index (χ1n) is 3.85. The summed E-state index contributed by atoms with van der Waals surface area (Å²) in [6.07, 6.45) is 0. The van der Waals surface area contributed by atoms with Crippen molar-refractivity contribution in [2.24, 2.45) is 0 Å². The van der Waals surface area contributed by atoms with Crippen molar-refractivity contribution >= 4 is 17.4 Å².